The van der Waals surface area contributed by atoms with Crippen LogP contribution in [-0.2, 0) is 9.59 Å². The fraction of sp³-hybridized carbons (Fsp3) is 0.154. The molecule has 18 heavy (non-hydrogen) atoms. The van der Waals surface area contributed by atoms with Crippen LogP contribution in [0.2, 0.25) is 0 Å². The number of aromatic nitrogens is 1. The second kappa shape index (κ2) is 5.55. The van der Waals surface area contributed by atoms with Gasteiger partial charge in [-0.3, -0.25) is 9.59 Å². The van der Waals surface area contributed by atoms with Crippen molar-refractivity contribution in [3.8, 4) is 10.6 Å². The van der Waals surface area contributed by atoms with Crippen molar-refractivity contribution in [3.05, 3.63) is 35.8 Å². The van der Waals surface area contributed by atoms with E-state index in [0.29, 0.717) is 5.69 Å². The normalized spacial score (nSPS) is 10.1. The number of ketones is 1. The molecular formula is C13H12N2O2S. The highest BCUT2D eigenvalue weighted by Crippen LogP contribution is 2.23. The molecule has 1 N–H and O–H groups in total. The van der Waals surface area contributed by atoms with Crippen LogP contribution in [0.4, 0.5) is 5.69 Å². The van der Waals surface area contributed by atoms with Gasteiger partial charge in [0.1, 0.15) is 10.8 Å². The summed E-state index contributed by atoms with van der Waals surface area (Å²) < 4.78 is 0. The van der Waals surface area contributed by atoms with Gasteiger partial charge in [0, 0.05) is 22.8 Å². The Labute approximate surface area is 109 Å². The first-order valence-electron chi connectivity index (χ1n) is 5.44. The van der Waals surface area contributed by atoms with Gasteiger partial charge in [0.05, 0.1) is 6.42 Å². The lowest BCUT2D eigenvalue weighted by atomic mass is 10.2. The van der Waals surface area contributed by atoms with Crippen molar-refractivity contribution in [3.63, 3.8) is 0 Å². The smallest absolute Gasteiger partial charge is 0.231 e. The summed E-state index contributed by atoms with van der Waals surface area (Å²) in [4.78, 5) is 26.4. The maximum absolute atomic E-state index is 11.4. The van der Waals surface area contributed by atoms with E-state index in [9.17, 15) is 9.59 Å². The zero-order valence-corrected chi connectivity index (χ0v) is 10.7. The molecule has 0 saturated heterocycles. The van der Waals surface area contributed by atoms with Gasteiger partial charge < -0.3 is 5.32 Å². The molecular weight excluding hydrogens is 248 g/mol. The van der Waals surface area contributed by atoms with E-state index in [1.807, 2.05) is 17.5 Å². The van der Waals surface area contributed by atoms with E-state index in [-0.39, 0.29) is 18.1 Å². The van der Waals surface area contributed by atoms with Gasteiger partial charge >= 0.3 is 0 Å². The van der Waals surface area contributed by atoms with Gasteiger partial charge in [0.25, 0.3) is 0 Å². The molecule has 1 aromatic heterocycles. The summed E-state index contributed by atoms with van der Waals surface area (Å²) in [5.41, 5.74) is 1.69. The number of nitrogens with zero attached hydrogens (tertiary/aromatic N) is 1. The predicted molar refractivity (Wildman–Crippen MR) is 71.5 cm³/mol. The van der Waals surface area contributed by atoms with Gasteiger partial charge in [0.15, 0.2) is 0 Å². The van der Waals surface area contributed by atoms with Crippen molar-refractivity contribution in [1.82, 2.24) is 4.98 Å². The van der Waals surface area contributed by atoms with E-state index >= 15 is 0 Å². The molecule has 5 heteroatoms. The van der Waals surface area contributed by atoms with Crippen LogP contribution in [0.15, 0.2) is 35.8 Å². The summed E-state index contributed by atoms with van der Waals surface area (Å²) in [6.45, 7) is 1.39. The quantitative estimate of drug-likeness (QED) is 0.860. The summed E-state index contributed by atoms with van der Waals surface area (Å²) in [6, 6.07) is 7.38. The molecule has 1 heterocycles. The zero-order chi connectivity index (χ0) is 13.0. The molecule has 0 bridgehead atoms. The van der Waals surface area contributed by atoms with E-state index in [1.165, 1.54) is 6.92 Å². The molecule has 1 amide bonds. The van der Waals surface area contributed by atoms with Crippen molar-refractivity contribution in [2.45, 2.75) is 13.3 Å². The molecule has 0 atom stereocenters. The third-order valence-corrected chi connectivity index (χ3v) is 3.08. The molecule has 2 aromatic rings. The number of Topliss-reactive ketones (excluding diaryl/α,β-unsaturated/α-hetero) is 1. The first-order valence-corrected chi connectivity index (χ1v) is 6.32. The largest absolute Gasteiger partial charge is 0.326 e. The van der Waals surface area contributed by atoms with Crippen LogP contribution in [0, 0.1) is 0 Å². The lowest BCUT2D eigenvalue weighted by molar-refractivity contribution is -0.124. The van der Waals surface area contributed by atoms with E-state index in [0.717, 1.165) is 10.6 Å². The molecule has 0 spiro atoms. The van der Waals surface area contributed by atoms with Gasteiger partial charge in [-0.2, -0.15) is 0 Å². The minimum atomic E-state index is -0.288. The highest BCUT2D eigenvalue weighted by molar-refractivity contribution is 7.13. The number of carbonyl (C=O) groups is 2. The highest BCUT2D eigenvalue weighted by atomic mass is 32.1. The minimum Gasteiger partial charge on any atom is -0.326 e. The number of carbonyl (C=O) groups excluding carboxylic acids is 2. The lowest BCUT2D eigenvalue weighted by Crippen LogP contribution is -2.14. The van der Waals surface area contributed by atoms with Gasteiger partial charge in [-0.05, 0) is 31.2 Å². The van der Waals surface area contributed by atoms with Gasteiger partial charge in [-0.25, -0.2) is 4.98 Å². The van der Waals surface area contributed by atoms with Crippen LogP contribution in [0.1, 0.15) is 13.3 Å². The average molecular weight is 260 g/mol. The standard InChI is InChI=1S/C13H12N2O2S/c1-9(16)8-12(17)15-11-4-2-10(3-5-11)13-14-6-7-18-13/h2-7H,8H2,1H3,(H,15,17). The Hall–Kier alpha value is -2.01. The first kappa shape index (κ1) is 12.4. The summed E-state index contributed by atoms with van der Waals surface area (Å²) in [5, 5.41) is 5.52. The third-order valence-electron chi connectivity index (χ3n) is 2.26. The van der Waals surface area contributed by atoms with Gasteiger partial charge in [-0.15, -0.1) is 11.3 Å². The van der Waals surface area contributed by atoms with E-state index < -0.39 is 0 Å². The number of benzene rings is 1. The maximum atomic E-state index is 11.4. The lowest BCUT2D eigenvalue weighted by Gasteiger charge is -2.04. The molecule has 1 aromatic carbocycles. The first-order chi connectivity index (χ1) is 8.65. The Morgan fingerprint density at radius 1 is 1.28 bits per heavy atom. The van der Waals surface area contributed by atoms with Crippen molar-refractivity contribution >= 4 is 28.7 Å². The van der Waals surface area contributed by atoms with E-state index in [2.05, 4.69) is 10.3 Å². The molecule has 0 unspecified atom stereocenters. The summed E-state index contributed by atoms with van der Waals surface area (Å²) >= 11 is 1.56. The number of hydrogen-bond acceptors (Lipinski definition) is 4. The number of amides is 1. The topological polar surface area (TPSA) is 59.1 Å². The van der Waals surface area contributed by atoms with Crippen LogP contribution in [-0.4, -0.2) is 16.7 Å². The molecule has 0 aliphatic carbocycles. The van der Waals surface area contributed by atoms with Crippen LogP contribution >= 0.6 is 11.3 Å². The van der Waals surface area contributed by atoms with Crippen LogP contribution in [0.5, 0.6) is 0 Å². The minimum absolute atomic E-state index is 0.0891. The Kier molecular flexibility index (Phi) is 3.84. The summed E-state index contributed by atoms with van der Waals surface area (Å²) in [6.07, 6.45) is 1.66. The highest BCUT2D eigenvalue weighted by Gasteiger charge is 2.06. The second-order valence-corrected chi connectivity index (χ2v) is 4.74. The van der Waals surface area contributed by atoms with Crippen molar-refractivity contribution < 1.29 is 9.59 Å². The number of nitrogens with one attached hydrogen (secondary N) is 1. The zero-order valence-electron chi connectivity index (χ0n) is 9.84. The van der Waals surface area contributed by atoms with Crippen LogP contribution in [0.25, 0.3) is 10.6 Å². The summed E-state index contributed by atoms with van der Waals surface area (Å²) in [5.74, 6) is -0.434. The number of thiazole rings is 1. The monoisotopic (exact) mass is 260 g/mol. The number of anilines is 1. The van der Waals surface area contributed by atoms with Crippen molar-refractivity contribution in [1.29, 1.82) is 0 Å². The number of rotatable bonds is 4. The molecule has 0 aliphatic rings. The molecule has 4 nitrogen and oxygen atoms in total. The van der Waals surface area contributed by atoms with Crippen LogP contribution in [0.3, 0.4) is 0 Å². The molecule has 0 radical (unpaired) electrons. The van der Waals surface area contributed by atoms with E-state index in [4.69, 9.17) is 0 Å². The Morgan fingerprint density at radius 2 is 2.00 bits per heavy atom. The van der Waals surface area contributed by atoms with Crippen molar-refractivity contribution in [2.24, 2.45) is 0 Å². The molecule has 0 saturated carbocycles. The Balaban J connectivity index is 2.04. The molecule has 0 aliphatic heterocycles. The molecule has 2 rings (SSSR count). The van der Waals surface area contributed by atoms with E-state index in [1.54, 1.807) is 29.7 Å². The fourth-order valence-corrected chi connectivity index (χ4v) is 2.14. The second-order valence-electron chi connectivity index (χ2n) is 3.84. The SMILES string of the molecule is CC(=O)CC(=O)Nc1ccc(-c2nccs2)cc1. The average Bonchev–Trinajstić information content (AvgIpc) is 2.82. The Bertz CT molecular complexity index is 547. The van der Waals surface area contributed by atoms with Crippen molar-refractivity contribution in [2.75, 3.05) is 5.32 Å². The predicted octanol–water partition coefficient (Wildman–Crippen LogP) is 2.73. The maximum Gasteiger partial charge on any atom is 0.231 e. The number of hydrogen-bond donors (Lipinski definition) is 1. The van der Waals surface area contributed by atoms with Gasteiger partial charge in [0.2, 0.25) is 5.91 Å². The summed E-state index contributed by atoms with van der Waals surface area (Å²) in [7, 11) is 0. The van der Waals surface area contributed by atoms with Gasteiger partial charge in [-0.1, -0.05) is 0 Å². The van der Waals surface area contributed by atoms with Crippen LogP contribution < -0.4 is 5.32 Å². The fourth-order valence-electron chi connectivity index (χ4n) is 1.49. The molecule has 92 valence electrons. The Morgan fingerprint density at radius 3 is 2.56 bits per heavy atom. The third kappa shape index (κ3) is 3.24. The molecule has 0 fully saturated rings.